The zero-order chi connectivity index (χ0) is 14.0. The van der Waals surface area contributed by atoms with Crippen molar-refractivity contribution in [2.75, 3.05) is 24.7 Å². The Bertz CT molecular complexity index is 445. The summed E-state index contributed by atoms with van der Waals surface area (Å²) in [5.74, 6) is 3.06. The minimum atomic E-state index is 0.146. The first-order chi connectivity index (χ1) is 9.74. The zero-order valence-electron chi connectivity index (χ0n) is 12.2. The second kappa shape index (κ2) is 6.30. The molecular weight excluding hydrogens is 290 g/mol. The summed E-state index contributed by atoms with van der Waals surface area (Å²) < 4.78 is 10.3. The molecule has 3 heterocycles. The van der Waals surface area contributed by atoms with Crippen LogP contribution in [0.1, 0.15) is 42.8 Å². The third kappa shape index (κ3) is 2.89. The third-order valence-corrected chi connectivity index (χ3v) is 6.60. The molecule has 2 fully saturated rings. The molecule has 20 heavy (non-hydrogen) atoms. The van der Waals surface area contributed by atoms with Crippen molar-refractivity contribution in [3.8, 4) is 0 Å². The number of thioether (sulfide) groups is 1. The van der Waals surface area contributed by atoms with E-state index >= 15 is 0 Å². The van der Waals surface area contributed by atoms with E-state index in [1.807, 2.05) is 11.8 Å². The maximum atomic E-state index is 6.16. The van der Waals surface area contributed by atoms with Crippen molar-refractivity contribution >= 4 is 23.3 Å². The molecular formula is C14H23N3OS2. The zero-order valence-corrected chi connectivity index (χ0v) is 13.9. The van der Waals surface area contributed by atoms with Crippen LogP contribution in [0.2, 0.25) is 0 Å². The van der Waals surface area contributed by atoms with Gasteiger partial charge >= 0.3 is 0 Å². The number of hydrogen-bond donors (Lipinski definition) is 1. The van der Waals surface area contributed by atoms with Gasteiger partial charge in [0, 0.05) is 18.4 Å². The molecule has 3 atom stereocenters. The average molecular weight is 313 g/mol. The smallest absolute Gasteiger partial charge is 0.0783 e. The van der Waals surface area contributed by atoms with Crippen LogP contribution < -0.4 is 5.32 Å². The third-order valence-electron chi connectivity index (χ3n) is 4.46. The van der Waals surface area contributed by atoms with E-state index in [2.05, 4.69) is 28.8 Å². The van der Waals surface area contributed by atoms with Crippen LogP contribution in [0.15, 0.2) is 0 Å². The van der Waals surface area contributed by atoms with Crippen LogP contribution in [-0.4, -0.2) is 39.8 Å². The van der Waals surface area contributed by atoms with Gasteiger partial charge in [0.2, 0.25) is 0 Å². The Morgan fingerprint density at radius 2 is 2.45 bits per heavy atom. The predicted octanol–water partition coefficient (Wildman–Crippen LogP) is 2.80. The number of rotatable bonds is 4. The molecule has 0 aromatic carbocycles. The molecule has 112 valence electrons. The normalized spacial score (nSPS) is 31.8. The summed E-state index contributed by atoms with van der Waals surface area (Å²) in [7, 11) is 0. The van der Waals surface area contributed by atoms with Crippen LogP contribution in [0.25, 0.3) is 0 Å². The van der Waals surface area contributed by atoms with Crippen LogP contribution >= 0.6 is 23.3 Å². The van der Waals surface area contributed by atoms with Crippen LogP contribution in [0.4, 0.5) is 0 Å². The van der Waals surface area contributed by atoms with Gasteiger partial charge in [0.1, 0.15) is 0 Å². The Hall–Kier alpha value is -0.170. The van der Waals surface area contributed by atoms with E-state index < -0.39 is 0 Å². The van der Waals surface area contributed by atoms with Crippen molar-refractivity contribution in [3.63, 3.8) is 0 Å². The van der Waals surface area contributed by atoms with Gasteiger partial charge in [-0.15, -0.1) is 5.10 Å². The SMILES string of the molecule is CCNC(c1snnc1C)C1CCOC2(CCSC2)C1. The summed E-state index contributed by atoms with van der Waals surface area (Å²) in [6, 6.07) is 0.395. The molecule has 1 spiro atoms. The van der Waals surface area contributed by atoms with Gasteiger partial charge in [-0.2, -0.15) is 11.8 Å². The Kier molecular flexibility index (Phi) is 4.65. The Balaban J connectivity index is 1.79. The average Bonchev–Trinajstić information content (AvgIpc) is 3.06. The maximum absolute atomic E-state index is 6.16. The number of aryl methyl sites for hydroxylation is 1. The second-order valence-corrected chi connectivity index (χ2v) is 7.74. The van der Waals surface area contributed by atoms with E-state index in [9.17, 15) is 0 Å². The molecule has 2 aliphatic rings. The minimum absolute atomic E-state index is 0.146. The minimum Gasteiger partial charge on any atom is -0.374 e. The van der Waals surface area contributed by atoms with Crippen molar-refractivity contribution in [2.45, 2.75) is 44.8 Å². The highest BCUT2D eigenvalue weighted by atomic mass is 32.2. The van der Waals surface area contributed by atoms with Gasteiger partial charge in [0.15, 0.2) is 0 Å². The summed E-state index contributed by atoms with van der Waals surface area (Å²) in [4.78, 5) is 1.32. The lowest BCUT2D eigenvalue weighted by molar-refractivity contribution is -0.0852. The molecule has 1 aromatic rings. The number of aromatic nitrogens is 2. The Morgan fingerprint density at radius 1 is 1.55 bits per heavy atom. The molecule has 0 bridgehead atoms. The highest BCUT2D eigenvalue weighted by Gasteiger charge is 2.43. The van der Waals surface area contributed by atoms with Gasteiger partial charge in [-0.05, 0) is 55.9 Å². The lowest BCUT2D eigenvalue weighted by Crippen LogP contribution is -2.43. The topological polar surface area (TPSA) is 47.0 Å². The molecule has 1 aromatic heterocycles. The van der Waals surface area contributed by atoms with E-state index in [1.54, 1.807) is 11.5 Å². The molecule has 2 saturated heterocycles. The molecule has 1 N–H and O–H groups in total. The molecule has 6 heteroatoms. The maximum Gasteiger partial charge on any atom is 0.0783 e. The summed E-state index contributed by atoms with van der Waals surface area (Å²) in [5, 5.41) is 7.87. The van der Waals surface area contributed by atoms with Crippen LogP contribution in [-0.2, 0) is 4.74 Å². The molecule has 0 aliphatic carbocycles. The van der Waals surface area contributed by atoms with Gasteiger partial charge in [0.05, 0.1) is 16.2 Å². The number of nitrogens with one attached hydrogen (secondary N) is 1. The van der Waals surface area contributed by atoms with Gasteiger partial charge in [-0.25, -0.2) is 0 Å². The van der Waals surface area contributed by atoms with Crippen molar-refractivity contribution in [1.82, 2.24) is 14.9 Å². The summed E-state index contributed by atoms with van der Waals surface area (Å²) >= 11 is 3.59. The summed E-state index contributed by atoms with van der Waals surface area (Å²) in [6.07, 6.45) is 3.53. The van der Waals surface area contributed by atoms with Gasteiger partial charge in [0.25, 0.3) is 0 Å². The van der Waals surface area contributed by atoms with Crippen molar-refractivity contribution < 1.29 is 4.74 Å². The summed E-state index contributed by atoms with van der Waals surface area (Å²) in [5.41, 5.74) is 1.23. The molecule has 4 nitrogen and oxygen atoms in total. The standard InChI is InChI=1S/C14H23N3OS2/c1-3-15-12(13-10(2)16-17-20-13)11-4-6-18-14(8-11)5-7-19-9-14/h11-12,15H,3-9H2,1-2H3. The lowest BCUT2D eigenvalue weighted by atomic mass is 9.80. The Morgan fingerprint density at radius 3 is 3.10 bits per heavy atom. The van der Waals surface area contributed by atoms with Gasteiger partial charge in [-0.1, -0.05) is 11.4 Å². The number of nitrogens with zero attached hydrogens (tertiary/aromatic N) is 2. The first-order valence-electron chi connectivity index (χ1n) is 7.48. The monoisotopic (exact) mass is 313 g/mol. The summed E-state index contributed by atoms with van der Waals surface area (Å²) in [6.45, 7) is 6.14. The van der Waals surface area contributed by atoms with Gasteiger partial charge in [-0.3, -0.25) is 0 Å². The molecule has 2 aliphatic heterocycles. The molecule has 3 rings (SSSR count). The fourth-order valence-electron chi connectivity index (χ4n) is 3.43. The largest absolute Gasteiger partial charge is 0.374 e. The van der Waals surface area contributed by atoms with Crippen LogP contribution in [0, 0.1) is 12.8 Å². The Labute approximate surface area is 129 Å². The van der Waals surface area contributed by atoms with Crippen molar-refractivity contribution in [2.24, 2.45) is 5.92 Å². The number of hydrogen-bond acceptors (Lipinski definition) is 6. The molecule has 3 unspecified atom stereocenters. The lowest BCUT2D eigenvalue weighted by Gasteiger charge is -2.41. The fraction of sp³-hybridized carbons (Fsp3) is 0.857. The predicted molar refractivity (Wildman–Crippen MR) is 84.4 cm³/mol. The van der Waals surface area contributed by atoms with E-state index in [0.29, 0.717) is 12.0 Å². The quantitative estimate of drug-likeness (QED) is 0.926. The molecule has 0 amide bonds. The highest BCUT2D eigenvalue weighted by Crippen LogP contribution is 2.44. The molecule has 0 saturated carbocycles. The van der Waals surface area contributed by atoms with E-state index in [-0.39, 0.29) is 5.60 Å². The first-order valence-corrected chi connectivity index (χ1v) is 9.41. The molecule has 0 radical (unpaired) electrons. The highest BCUT2D eigenvalue weighted by molar-refractivity contribution is 7.99. The van der Waals surface area contributed by atoms with Gasteiger partial charge < -0.3 is 10.1 Å². The van der Waals surface area contributed by atoms with E-state index in [1.165, 1.54) is 29.2 Å². The fourth-order valence-corrected chi connectivity index (χ4v) is 5.62. The first kappa shape index (κ1) is 14.8. The van der Waals surface area contributed by atoms with E-state index in [0.717, 1.165) is 25.3 Å². The van der Waals surface area contributed by atoms with Crippen LogP contribution in [0.5, 0.6) is 0 Å². The number of ether oxygens (including phenoxy) is 1. The second-order valence-electron chi connectivity index (χ2n) is 5.84. The van der Waals surface area contributed by atoms with Crippen molar-refractivity contribution in [3.05, 3.63) is 10.6 Å². The van der Waals surface area contributed by atoms with E-state index in [4.69, 9.17) is 4.74 Å². The van der Waals surface area contributed by atoms with Crippen molar-refractivity contribution in [1.29, 1.82) is 0 Å². The van der Waals surface area contributed by atoms with Crippen LogP contribution in [0.3, 0.4) is 0 Å².